The highest BCUT2D eigenvalue weighted by Gasteiger charge is 2.47. The molecule has 2 aromatic heterocycles. The molecule has 1 unspecified atom stereocenters. The van der Waals surface area contributed by atoms with Gasteiger partial charge in [-0.15, -0.1) is 0 Å². The summed E-state index contributed by atoms with van der Waals surface area (Å²) in [7, 11) is 0. The van der Waals surface area contributed by atoms with E-state index >= 15 is 0 Å². The number of rotatable bonds is 6. The number of benzene rings is 2. The standard InChI is InChI=1S/C28H21N3O4/c32-26(20-13-16-29-17-14-20)24-25(23-8-4-5-15-30-23)31(28(34)27(24)33)21-9-11-22(12-10-21)35-18-19-6-2-1-3-7-19/h1-17,25,32H,18H2/b26-24-. The number of nitrogens with zero attached hydrogens (tertiary/aromatic N) is 3. The predicted octanol–water partition coefficient (Wildman–Crippen LogP) is 4.68. The normalized spacial score (nSPS) is 16.9. The van der Waals surface area contributed by atoms with Crippen LogP contribution in [-0.4, -0.2) is 26.8 Å². The van der Waals surface area contributed by atoms with E-state index in [9.17, 15) is 14.7 Å². The summed E-state index contributed by atoms with van der Waals surface area (Å²) < 4.78 is 5.85. The Labute approximate surface area is 202 Å². The smallest absolute Gasteiger partial charge is 0.300 e. The number of hydrogen-bond donors (Lipinski definition) is 1. The number of amides is 1. The first-order valence-corrected chi connectivity index (χ1v) is 11.0. The van der Waals surface area contributed by atoms with Crippen LogP contribution in [0.25, 0.3) is 5.76 Å². The van der Waals surface area contributed by atoms with Crippen molar-refractivity contribution >= 4 is 23.1 Å². The number of aliphatic hydroxyl groups is 1. The molecular formula is C28H21N3O4. The van der Waals surface area contributed by atoms with Crippen molar-refractivity contribution in [3.05, 3.63) is 126 Å². The van der Waals surface area contributed by atoms with Crippen molar-refractivity contribution in [3.63, 3.8) is 0 Å². The van der Waals surface area contributed by atoms with Crippen LogP contribution < -0.4 is 9.64 Å². The van der Waals surface area contributed by atoms with Crippen molar-refractivity contribution in [2.75, 3.05) is 4.90 Å². The lowest BCUT2D eigenvalue weighted by atomic mass is 9.98. The molecule has 3 heterocycles. The Bertz CT molecular complexity index is 1370. The zero-order valence-corrected chi connectivity index (χ0v) is 18.6. The average molecular weight is 463 g/mol. The Morgan fingerprint density at radius 1 is 0.857 bits per heavy atom. The molecule has 0 bridgehead atoms. The fraction of sp³-hybridized carbons (Fsp3) is 0.0714. The molecule has 0 radical (unpaired) electrons. The molecule has 35 heavy (non-hydrogen) atoms. The van der Waals surface area contributed by atoms with Gasteiger partial charge in [-0.3, -0.25) is 24.5 Å². The van der Waals surface area contributed by atoms with E-state index in [0.29, 0.717) is 29.3 Å². The van der Waals surface area contributed by atoms with Gasteiger partial charge in [-0.1, -0.05) is 36.4 Å². The third-order valence-corrected chi connectivity index (χ3v) is 5.73. The lowest BCUT2D eigenvalue weighted by Crippen LogP contribution is -2.29. The molecule has 1 saturated heterocycles. The van der Waals surface area contributed by atoms with Crippen LogP contribution in [0.2, 0.25) is 0 Å². The Hall–Kier alpha value is -4.78. The van der Waals surface area contributed by atoms with E-state index in [4.69, 9.17) is 4.74 Å². The van der Waals surface area contributed by atoms with Crippen molar-refractivity contribution in [2.24, 2.45) is 0 Å². The summed E-state index contributed by atoms with van der Waals surface area (Å²) in [4.78, 5) is 36.0. The lowest BCUT2D eigenvalue weighted by Gasteiger charge is -2.24. The zero-order valence-electron chi connectivity index (χ0n) is 18.6. The molecule has 1 atom stereocenters. The van der Waals surface area contributed by atoms with E-state index in [1.807, 2.05) is 30.3 Å². The highest BCUT2D eigenvalue weighted by Crippen LogP contribution is 2.41. The lowest BCUT2D eigenvalue weighted by molar-refractivity contribution is -0.132. The molecule has 172 valence electrons. The number of ketones is 1. The van der Waals surface area contributed by atoms with Crippen LogP contribution in [0.1, 0.15) is 22.9 Å². The maximum Gasteiger partial charge on any atom is 0.300 e. The minimum atomic E-state index is -0.888. The van der Waals surface area contributed by atoms with Crippen LogP contribution in [0.3, 0.4) is 0 Å². The molecule has 0 aliphatic carbocycles. The number of anilines is 1. The van der Waals surface area contributed by atoms with Gasteiger partial charge in [-0.2, -0.15) is 0 Å². The van der Waals surface area contributed by atoms with Gasteiger partial charge in [0.15, 0.2) is 0 Å². The summed E-state index contributed by atoms with van der Waals surface area (Å²) in [5.41, 5.74) is 2.36. The van der Waals surface area contributed by atoms with Crippen LogP contribution in [0, 0.1) is 0 Å². The summed E-state index contributed by atoms with van der Waals surface area (Å²) in [5, 5.41) is 11.0. The maximum atomic E-state index is 13.2. The van der Waals surface area contributed by atoms with Crippen molar-refractivity contribution < 1.29 is 19.4 Å². The number of ether oxygens (including phenoxy) is 1. The van der Waals surface area contributed by atoms with E-state index in [2.05, 4.69) is 9.97 Å². The third-order valence-electron chi connectivity index (χ3n) is 5.73. The van der Waals surface area contributed by atoms with Crippen LogP contribution in [-0.2, 0) is 16.2 Å². The Morgan fingerprint density at radius 2 is 1.57 bits per heavy atom. The molecule has 7 nitrogen and oxygen atoms in total. The first-order chi connectivity index (χ1) is 17.1. The number of pyridine rings is 2. The Morgan fingerprint density at radius 3 is 2.26 bits per heavy atom. The number of aliphatic hydroxyl groups excluding tert-OH is 1. The monoisotopic (exact) mass is 463 g/mol. The topological polar surface area (TPSA) is 92.6 Å². The Kier molecular flexibility index (Phi) is 6.05. The second-order valence-electron chi connectivity index (χ2n) is 7.93. The van der Waals surface area contributed by atoms with E-state index in [-0.39, 0.29) is 11.3 Å². The fourth-order valence-electron chi connectivity index (χ4n) is 4.03. The molecule has 0 saturated carbocycles. The molecule has 5 rings (SSSR count). The van der Waals surface area contributed by atoms with Crippen LogP contribution >= 0.6 is 0 Å². The van der Waals surface area contributed by atoms with Crippen LogP contribution in [0.15, 0.2) is 109 Å². The van der Waals surface area contributed by atoms with Gasteiger partial charge < -0.3 is 9.84 Å². The molecule has 2 aromatic carbocycles. The quantitative estimate of drug-likeness (QED) is 0.254. The van der Waals surface area contributed by atoms with Gasteiger partial charge in [-0.05, 0) is 54.1 Å². The van der Waals surface area contributed by atoms with Gasteiger partial charge in [0.1, 0.15) is 24.2 Å². The molecule has 1 amide bonds. The van der Waals surface area contributed by atoms with Gasteiger partial charge in [0.2, 0.25) is 0 Å². The molecular weight excluding hydrogens is 442 g/mol. The summed E-state index contributed by atoms with van der Waals surface area (Å²) >= 11 is 0. The second-order valence-corrected chi connectivity index (χ2v) is 7.93. The molecule has 7 heteroatoms. The van der Waals surface area contributed by atoms with Crippen molar-refractivity contribution in [2.45, 2.75) is 12.6 Å². The van der Waals surface area contributed by atoms with Crippen LogP contribution in [0.5, 0.6) is 5.75 Å². The second kappa shape index (κ2) is 9.61. The van der Waals surface area contributed by atoms with Crippen LogP contribution in [0.4, 0.5) is 5.69 Å². The summed E-state index contributed by atoms with van der Waals surface area (Å²) in [6.07, 6.45) is 4.60. The highest BCUT2D eigenvalue weighted by atomic mass is 16.5. The molecule has 4 aromatic rings. The van der Waals surface area contributed by atoms with Gasteiger partial charge in [-0.25, -0.2) is 0 Å². The number of Topliss-reactive ketones (excluding diaryl/α,β-unsaturated/α-hetero) is 1. The molecule has 1 N–H and O–H groups in total. The van der Waals surface area contributed by atoms with Crippen molar-refractivity contribution in [1.82, 2.24) is 9.97 Å². The maximum absolute atomic E-state index is 13.2. The number of hydrogen-bond acceptors (Lipinski definition) is 6. The molecule has 1 aliphatic heterocycles. The van der Waals surface area contributed by atoms with E-state index in [0.717, 1.165) is 5.56 Å². The summed E-state index contributed by atoms with van der Waals surface area (Å²) in [5.74, 6) is -1.17. The van der Waals surface area contributed by atoms with Crippen molar-refractivity contribution in [1.29, 1.82) is 0 Å². The fourth-order valence-corrected chi connectivity index (χ4v) is 4.03. The molecule has 0 spiro atoms. The molecule has 1 fully saturated rings. The first-order valence-electron chi connectivity index (χ1n) is 11.0. The summed E-state index contributed by atoms with van der Waals surface area (Å²) in [6, 6.07) is 24.2. The van der Waals surface area contributed by atoms with Crippen molar-refractivity contribution in [3.8, 4) is 5.75 Å². The van der Waals surface area contributed by atoms with E-state index in [1.54, 1.807) is 60.8 Å². The van der Waals surface area contributed by atoms with Gasteiger partial charge >= 0.3 is 0 Å². The zero-order chi connectivity index (χ0) is 24.2. The van der Waals surface area contributed by atoms with Gasteiger partial charge in [0, 0.05) is 29.8 Å². The number of carbonyl (C=O) groups excluding carboxylic acids is 2. The predicted molar refractivity (Wildman–Crippen MR) is 130 cm³/mol. The largest absolute Gasteiger partial charge is 0.507 e. The van der Waals surface area contributed by atoms with E-state index < -0.39 is 17.7 Å². The summed E-state index contributed by atoms with van der Waals surface area (Å²) in [6.45, 7) is 0.407. The van der Waals surface area contributed by atoms with E-state index in [1.165, 1.54) is 17.3 Å². The Balaban J connectivity index is 1.51. The minimum absolute atomic E-state index is 0.0238. The molecule has 1 aliphatic rings. The van der Waals surface area contributed by atoms with Gasteiger partial charge in [0.05, 0.1) is 11.3 Å². The number of aromatic nitrogens is 2. The minimum Gasteiger partial charge on any atom is -0.507 e. The number of carbonyl (C=O) groups is 2. The van der Waals surface area contributed by atoms with Gasteiger partial charge in [0.25, 0.3) is 11.7 Å². The average Bonchev–Trinajstić information content (AvgIpc) is 3.19. The highest BCUT2D eigenvalue weighted by molar-refractivity contribution is 6.51. The third kappa shape index (κ3) is 4.39. The SMILES string of the molecule is O=C1C(=O)N(c2ccc(OCc3ccccc3)cc2)C(c2ccccn2)/C1=C(/O)c1ccncc1. The first kappa shape index (κ1) is 22.0.